The Bertz CT molecular complexity index is 652. The molecule has 0 aliphatic carbocycles. The summed E-state index contributed by atoms with van der Waals surface area (Å²) in [4.78, 5) is 0. The van der Waals surface area contributed by atoms with Crippen LogP contribution in [0.4, 0.5) is 0 Å². The van der Waals surface area contributed by atoms with Crippen molar-refractivity contribution in [2.75, 3.05) is 7.11 Å². The van der Waals surface area contributed by atoms with Crippen molar-refractivity contribution in [3.63, 3.8) is 0 Å². The first-order valence-corrected chi connectivity index (χ1v) is 6.65. The number of ether oxygens (including phenoxy) is 1. The standard InChI is InChI=1S/C17H20N2O/c1-12-11-19(17(2,3)4)15(10-18)16(12)13-6-8-14(20-5)9-7-13/h6-9,11H,1-5H3. The van der Waals surface area contributed by atoms with Gasteiger partial charge in [-0.3, -0.25) is 0 Å². The minimum atomic E-state index is -0.111. The summed E-state index contributed by atoms with van der Waals surface area (Å²) >= 11 is 0. The first-order valence-electron chi connectivity index (χ1n) is 6.65. The van der Waals surface area contributed by atoms with Crippen molar-refractivity contribution in [2.24, 2.45) is 0 Å². The lowest BCUT2D eigenvalue weighted by Gasteiger charge is -2.22. The summed E-state index contributed by atoms with van der Waals surface area (Å²) in [5, 5.41) is 9.54. The lowest BCUT2D eigenvalue weighted by atomic mass is 10.0. The summed E-state index contributed by atoms with van der Waals surface area (Å²) in [5.41, 5.74) is 3.76. The fourth-order valence-corrected chi connectivity index (χ4v) is 2.39. The van der Waals surface area contributed by atoms with E-state index in [2.05, 4.69) is 33.0 Å². The molecule has 0 saturated carbocycles. The average Bonchev–Trinajstić information content (AvgIpc) is 2.75. The van der Waals surface area contributed by atoms with Gasteiger partial charge in [-0.15, -0.1) is 0 Å². The highest BCUT2D eigenvalue weighted by molar-refractivity contribution is 5.73. The number of hydrogen-bond acceptors (Lipinski definition) is 2. The molecule has 0 aliphatic rings. The van der Waals surface area contributed by atoms with Crippen molar-refractivity contribution in [3.8, 4) is 22.9 Å². The Hall–Kier alpha value is -2.21. The molecule has 0 spiro atoms. The van der Waals surface area contributed by atoms with Crippen LogP contribution in [0.5, 0.6) is 5.75 Å². The molecule has 20 heavy (non-hydrogen) atoms. The van der Waals surface area contributed by atoms with Crippen LogP contribution < -0.4 is 4.74 Å². The van der Waals surface area contributed by atoms with Gasteiger partial charge in [0, 0.05) is 17.3 Å². The number of nitriles is 1. The van der Waals surface area contributed by atoms with Gasteiger partial charge in [0.1, 0.15) is 17.5 Å². The third-order valence-electron chi connectivity index (χ3n) is 3.40. The van der Waals surface area contributed by atoms with Crippen LogP contribution in [0, 0.1) is 18.3 Å². The number of aryl methyl sites for hydroxylation is 1. The van der Waals surface area contributed by atoms with Crippen molar-refractivity contribution in [1.82, 2.24) is 4.57 Å². The van der Waals surface area contributed by atoms with Crippen molar-refractivity contribution < 1.29 is 4.74 Å². The maximum absolute atomic E-state index is 9.54. The van der Waals surface area contributed by atoms with E-state index in [1.807, 2.05) is 35.8 Å². The molecule has 3 nitrogen and oxygen atoms in total. The van der Waals surface area contributed by atoms with Crippen LogP contribution in [0.1, 0.15) is 32.0 Å². The molecule has 1 aromatic heterocycles. The third-order valence-corrected chi connectivity index (χ3v) is 3.40. The Labute approximate surface area is 120 Å². The minimum absolute atomic E-state index is 0.111. The number of benzene rings is 1. The molecule has 0 bridgehead atoms. The monoisotopic (exact) mass is 268 g/mol. The molecule has 0 unspecified atom stereocenters. The van der Waals surface area contributed by atoms with Gasteiger partial charge in [0.05, 0.1) is 7.11 Å². The van der Waals surface area contributed by atoms with E-state index in [0.717, 1.165) is 22.4 Å². The molecule has 2 rings (SSSR count). The SMILES string of the molecule is COc1ccc(-c2c(C)cn(C(C)(C)C)c2C#N)cc1. The second-order valence-corrected chi connectivity index (χ2v) is 5.92. The van der Waals surface area contributed by atoms with Crippen LogP contribution in [-0.4, -0.2) is 11.7 Å². The van der Waals surface area contributed by atoms with Gasteiger partial charge in [-0.2, -0.15) is 5.26 Å². The summed E-state index contributed by atoms with van der Waals surface area (Å²) in [5.74, 6) is 0.820. The number of nitrogens with zero attached hydrogens (tertiary/aromatic N) is 2. The van der Waals surface area contributed by atoms with E-state index in [1.165, 1.54) is 0 Å². The summed E-state index contributed by atoms with van der Waals surface area (Å²) < 4.78 is 7.22. The molecule has 1 heterocycles. The number of aromatic nitrogens is 1. The van der Waals surface area contributed by atoms with Gasteiger partial charge in [-0.25, -0.2) is 0 Å². The molecule has 1 aromatic carbocycles. The number of rotatable bonds is 2. The highest BCUT2D eigenvalue weighted by atomic mass is 16.5. The summed E-state index contributed by atoms with van der Waals surface area (Å²) in [6, 6.07) is 10.2. The molecule has 0 atom stereocenters. The van der Waals surface area contributed by atoms with E-state index in [-0.39, 0.29) is 5.54 Å². The Morgan fingerprint density at radius 3 is 2.20 bits per heavy atom. The third kappa shape index (κ3) is 2.42. The fourth-order valence-electron chi connectivity index (χ4n) is 2.39. The van der Waals surface area contributed by atoms with E-state index in [0.29, 0.717) is 5.69 Å². The van der Waals surface area contributed by atoms with Crippen LogP contribution in [0.2, 0.25) is 0 Å². The largest absolute Gasteiger partial charge is 0.497 e. The van der Waals surface area contributed by atoms with Gasteiger partial charge >= 0.3 is 0 Å². The van der Waals surface area contributed by atoms with Crippen molar-refractivity contribution in [3.05, 3.63) is 41.7 Å². The molecule has 0 N–H and O–H groups in total. The Morgan fingerprint density at radius 2 is 1.75 bits per heavy atom. The van der Waals surface area contributed by atoms with Crippen LogP contribution in [0.25, 0.3) is 11.1 Å². The van der Waals surface area contributed by atoms with Crippen molar-refractivity contribution in [1.29, 1.82) is 5.26 Å². The lowest BCUT2D eigenvalue weighted by molar-refractivity contribution is 0.395. The molecule has 3 heteroatoms. The second-order valence-electron chi connectivity index (χ2n) is 5.92. The summed E-state index contributed by atoms with van der Waals surface area (Å²) in [6.45, 7) is 8.35. The van der Waals surface area contributed by atoms with Crippen LogP contribution in [-0.2, 0) is 5.54 Å². The predicted molar refractivity (Wildman–Crippen MR) is 80.9 cm³/mol. The number of methoxy groups -OCH3 is 1. The zero-order valence-electron chi connectivity index (χ0n) is 12.7. The highest BCUT2D eigenvalue weighted by Crippen LogP contribution is 2.33. The first-order chi connectivity index (χ1) is 9.38. The molecule has 0 fully saturated rings. The van der Waals surface area contributed by atoms with Crippen molar-refractivity contribution in [2.45, 2.75) is 33.2 Å². The zero-order chi connectivity index (χ0) is 14.9. The molecular formula is C17H20N2O. The van der Waals surface area contributed by atoms with E-state index in [4.69, 9.17) is 4.74 Å². The van der Waals surface area contributed by atoms with Crippen LogP contribution in [0.15, 0.2) is 30.5 Å². The minimum Gasteiger partial charge on any atom is -0.497 e. The Balaban J connectivity index is 2.62. The zero-order valence-corrected chi connectivity index (χ0v) is 12.7. The molecule has 0 radical (unpaired) electrons. The second kappa shape index (κ2) is 5.05. The Kier molecular flexibility index (Phi) is 3.59. The van der Waals surface area contributed by atoms with E-state index in [9.17, 15) is 5.26 Å². The molecule has 0 aliphatic heterocycles. The van der Waals surface area contributed by atoms with Gasteiger partial charge in [-0.05, 0) is 51.0 Å². The van der Waals surface area contributed by atoms with Crippen molar-refractivity contribution >= 4 is 0 Å². The summed E-state index contributed by atoms with van der Waals surface area (Å²) in [7, 11) is 1.65. The smallest absolute Gasteiger partial charge is 0.128 e. The van der Waals surface area contributed by atoms with E-state index < -0.39 is 0 Å². The maximum Gasteiger partial charge on any atom is 0.128 e. The summed E-state index contributed by atoms with van der Waals surface area (Å²) in [6.07, 6.45) is 2.05. The van der Waals surface area contributed by atoms with Crippen LogP contribution in [0.3, 0.4) is 0 Å². The highest BCUT2D eigenvalue weighted by Gasteiger charge is 2.22. The topological polar surface area (TPSA) is 38.0 Å². The Morgan fingerprint density at radius 1 is 1.15 bits per heavy atom. The maximum atomic E-state index is 9.54. The van der Waals surface area contributed by atoms with Gasteiger partial charge in [0.25, 0.3) is 0 Å². The fraction of sp³-hybridized carbons (Fsp3) is 0.353. The molecule has 104 valence electrons. The first kappa shape index (κ1) is 14.2. The van der Waals surface area contributed by atoms with E-state index in [1.54, 1.807) is 7.11 Å². The van der Waals surface area contributed by atoms with Gasteiger partial charge < -0.3 is 9.30 Å². The van der Waals surface area contributed by atoms with Gasteiger partial charge in [-0.1, -0.05) is 12.1 Å². The lowest BCUT2D eigenvalue weighted by Crippen LogP contribution is -2.22. The molecule has 0 saturated heterocycles. The quantitative estimate of drug-likeness (QED) is 0.822. The van der Waals surface area contributed by atoms with Crippen LogP contribution >= 0.6 is 0 Å². The molecule has 0 amide bonds. The number of hydrogen-bond donors (Lipinski definition) is 0. The molecule has 2 aromatic rings. The average molecular weight is 268 g/mol. The van der Waals surface area contributed by atoms with E-state index >= 15 is 0 Å². The van der Waals surface area contributed by atoms with Gasteiger partial charge in [0.15, 0.2) is 0 Å². The van der Waals surface area contributed by atoms with Gasteiger partial charge in [0.2, 0.25) is 0 Å². The predicted octanol–water partition coefficient (Wildman–Crippen LogP) is 4.10. The molecular weight excluding hydrogens is 248 g/mol. The normalized spacial score (nSPS) is 11.2.